The number of imidazole rings is 1. The molecule has 1 rings (SSSR count). The first-order valence-corrected chi connectivity index (χ1v) is 12.3. The van der Waals surface area contributed by atoms with Crippen molar-refractivity contribution in [2.24, 2.45) is 17.4 Å². The lowest BCUT2D eigenvalue weighted by Gasteiger charge is -2.28. The lowest BCUT2D eigenvalue weighted by Crippen LogP contribution is -2.59. The summed E-state index contributed by atoms with van der Waals surface area (Å²) in [7, 11) is 0. The van der Waals surface area contributed by atoms with E-state index in [1.807, 2.05) is 6.92 Å². The summed E-state index contributed by atoms with van der Waals surface area (Å²) >= 11 is 0. The Morgan fingerprint density at radius 2 is 1.68 bits per heavy atom. The summed E-state index contributed by atoms with van der Waals surface area (Å²) in [6.07, 6.45) is 4.27. The van der Waals surface area contributed by atoms with Crippen LogP contribution in [0, 0.1) is 5.92 Å². The van der Waals surface area contributed by atoms with Crippen LogP contribution in [-0.4, -0.2) is 80.6 Å². The lowest BCUT2D eigenvalue weighted by molar-refractivity contribution is -0.143. The summed E-state index contributed by atoms with van der Waals surface area (Å²) in [6.45, 7) is 4.08. The van der Waals surface area contributed by atoms with Crippen molar-refractivity contribution in [3.05, 3.63) is 18.2 Å². The molecule has 0 spiro atoms. The summed E-state index contributed by atoms with van der Waals surface area (Å²) in [6, 6.07) is -4.54. The molecule has 0 saturated carbocycles. The van der Waals surface area contributed by atoms with E-state index < -0.39 is 60.2 Å². The first-order valence-electron chi connectivity index (χ1n) is 12.3. The number of nitrogens with two attached hydrogens (primary N) is 2. The van der Waals surface area contributed by atoms with Gasteiger partial charge in [0.25, 0.3) is 0 Å². The average molecular weight is 526 g/mol. The van der Waals surface area contributed by atoms with Crippen molar-refractivity contribution in [1.82, 2.24) is 25.9 Å². The second-order valence-electron chi connectivity index (χ2n) is 8.94. The molecule has 5 unspecified atom stereocenters. The highest BCUT2D eigenvalue weighted by Gasteiger charge is 2.32. The van der Waals surface area contributed by atoms with Crippen molar-refractivity contribution in [3.8, 4) is 0 Å². The van der Waals surface area contributed by atoms with E-state index in [1.54, 1.807) is 6.92 Å². The molecule has 0 bridgehead atoms. The summed E-state index contributed by atoms with van der Waals surface area (Å²) in [5.74, 6) is -4.90. The quantitative estimate of drug-likeness (QED) is 0.107. The van der Waals surface area contributed by atoms with Gasteiger partial charge in [-0.15, -0.1) is 0 Å². The normalized spacial score (nSPS) is 15.0. The Morgan fingerprint density at radius 3 is 2.22 bits per heavy atom. The number of carbonyl (C=O) groups is 5. The number of carbonyl (C=O) groups excluding carboxylic acids is 3. The first-order chi connectivity index (χ1) is 17.5. The molecular weight excluding hydrogens is 486 g/mol. The van der Waals surface area contributed by atoms with Crippen LogP contribution in [0.2, 0.25) is 0 Å². The van der Waals surface area contributed by atoms with Gasteiger partial charge in [-0.05, 0) is 31.7 Å². The first kappa shape index (κ1) is 31.5. The van der Waals surface area contributed by atoms with Gasteiger partial charge in [-0.2, -0.15) is 0 Å². The zero-order chi connectivity index (χ0) is 28.0. The Balaban J connectivity index is 3.04. The van der Waals surface area contributed by atoms with Crippen LogP contribution < -0.4 is 27.4 Å². The van der Waals surface area contributed by atoms with E-state index in [0.29, 0.717) is 37.9 Å². The van der Waals surface area contributed by atoms with E-state index >= 15 is 0 Å². The predicted molar refractivity (Wildman–Crippen MR) is 133 cm³/mol. The standard InChI is InChI=1S/C23H39N7O7/c1-3-13(2)19(30-20(33)15(25)6-4-5-9-24)22(35)29-17(10-14-11-26-12-27-14)21(34)28-16(23(36)37)7-8-18(31)32/h11-13,15-17,19H,3-10,24-25H2,1-2H3,(H,26,27)(H,28,34)(H,29,35)(H,30,33)(H,31,32)(H,36,37). The number of amides is 3. The lowest BCUT2D eigenvalue weighted by atomic mass is 9.96. The molecule has 0 fully saturated rings. The monoisotopic (exact) mass is 525 g/mol. The molecule has 0 aliphatic rings. The number of aliphatic carboxylic acids is 2. The van der Waals surface area contributed by atoms with Gasteiger partial charge in [0.1, 0.15) is 18.1 Å². The van der Waals surface area contributed by atoms with Gasteiger partial charge < -0.3 is 42.6 Å². The summed E-state index contributed by atoms with van der Waals surface area (Å²) in [4.78, 5) is 68.0. The van der Waals surface area contributed by atoms with Gasteiger partial charge >= 0.3 is 11.9 Å². The SMILES string of the molecule is CCC(C)C(NC(=O)C(N)CCCCN)C(=O)NC(Cc1cnc[nH]1)C(=O)NC(CCC(=O)O)C(=O)O. The van der Waals surface area contributed by atoms with E-state index in [0.717, 1.165) is 0 Å². The smallest absolute Gasteiger partial charge is 0.326 e. The highest BCUT2D eigenvalue weighted by molar-refractivity contribution is 5.94. The molecule has 1 heterocycles. The Hall–Kier alpha value is -3.52. The maximum absolute atomic E-state index is 13.3. The molecule has 0 aliphatic carbocycles. The second kappa shape index (κ2) is 16.3. The summed E-state index contributed by atoms with van der Waals surface area (Å²) in [5.41, 5.74) is 11.9. The van der Waals surface area contributed by atoms with Crippen LogP contribution >= 0.6 is 0 Å². The van der Waals surface area contributed by atoms with E-state index in [9.17, 15) is 29.1 Å². The zero-order valence-corrected chi connectivity index (χ0v) is 21.2. The molecule has 0 aliphatic heterocycles. The molecule has 14 heteroatoms. The van der Waals surface area contributed by atoms with Gasteiger partial charge in [-0.3, -0.25) is 19.2 Å². The summed E-state index contributed by atoms with van der Waals surface area (Å²) in [5, 5.41) is 25.8. The zero-order valence-electron chi connectivity index (χ0n) is 21.2. The van der Waals surface area contributed by atoms with Crippen molar-refractivity contribution in [1.29, 1.82) is 0 Å². The number of carboxylic acids is 2. The number of hydrogen-bond donors (Lipinski definition) is 8. The molecule has 37 heavy (non-hydrogen) atoms. The minimum Gasteiger partial charge on any atom is -0.481 e. The van der Waals surface area contributed by atoms with Gasteiger partial charge in [-0.1, -0.05) is 26.7 Å². The topological polar surface area (TPSA) is 243 Å². The maximum atomic E-state index is 13.3. The van der Waals surface area contributed by atoms with Crippen molar-refractivity contribution in [2.45, 2.75) is 83.0 Å². The van der Waals surface area contributed by atoms with Crippen LogP contribution in [0.3, 0.4) is 0 Å². The molecule has 0 radical (unpaired) electrons. The molecule has 1 aromatic rings. The highest BCUT2D eigenvalue weighted by Crippen LogP contribution is 2.11. The van der Waals surface area contributed by atoms with Gasteiger partial charge in [0.2, 0.25) is 17.7 Å². The molecule has 5 atom stereocenters. The van der Waals surface area contributed by atoms with Crippen molar-refractivity contribution < 1.29 is 34.2 Å². The molecular formula is C23H39N7O7. The third-order valence-electron chi connectivity index (χ3n) is 5.97. The van der Waals surface area contributed by atoms with Crippen LogP contribution in [0.5, 0.6) is 0 Å². The van der Waals surface area contributed by atoms with Crippen LogP contribution in [0.25, 0.3) is 0 Å². The van der Waals surface area contributed by atoms with Crippen LogP contribution in [0.15, 0.2) is 12.5 Å². The number of aromatic amines is 1. The third kappa shape index (κ3) is 11.4. The number of nitrogens with one attached hydrogen (secondary N) is 4. The Bertz CT molecular complexity index is 894. The molecule has 0 aromatic carbocycles. The fourth-order valence-corrected chi connectivity index (χ4v) is 3.49. The number of H-pyrrole nitrogens is 1. The van der Waals surface area contributed by atoms with Crippen LogP contribution in [0.1, 0.15) is 58.1 Å². The molecule has 0 saturated heterocycles. The molecule has 14 nitrogen and oxygen atoms in total. The molecule has 208 valence electrons. The van der Waals surface area contributed by atoms with E-state index in [-0.39, 0.29) is 18.8 Å². The molecule has 3 amide bonds. The van der Waals surface area contributed by atoms with Crippen molar-refractivity contribution in [3.63, 3.8) is 0 Å². The Morgan fingerprint density at radius 1 is 1.00 bits per heavy atom. The number of rotatable bonds is 18. The molecule has 10 N–H and O–H groups in total. The van der Waals surface area contributed by atoms with E-state index in [1.165, 1.54) is 12.5 Å². The minimum absolute atomic E-state index is 0.0530. The largest absolute Gasteiger partial charge is 0.481 e. The number of unbranched alkanes of at least 4 members (excludes halogenated alkanes) is 1. The average Bonchev–Trinajstić information content (AvgIpc) is 3.36. The predicted octanol–water partition coefficient (Wildman–Crippen LogP) is -1.14. The Labute approximate surface area is 215 Å². The fraction of sp³-hybridized carbons (Fsp3) is 0.652. The van der Waals surface area contributed by atoms with Gasteiger partial charge in [0.05, 0.1) is 12.4 Å². The van der Waals surface area contributed by atoms with Gasteiger partial charge in [0.15, 0.2) is 0 Å². The van der Waals surface area contributed by atoms with E-state index in [2.05, 4.69) is 25.9 Å². The number of aromatic nitrogens is 2. The third-order valence-corrected chi connectivity index (χ3v) is 5.97. The minimum atomic E-state index is -1.47. The fourth-order valence-electron chi connectivity index (χ4n) is 3.49. The second-order valence-corrected chi connectivity index (χ2v) is 8.94. The number of nitrogens with zero attached hydrogens (tertiary/aromatic N) is 1. The van der Waals surface area contributed by atoms with E-state index in [4.69, 9.17) is 16.6 Å². The number of carboxylic acid groups (broad SMARTS) is 2. The van der Waals surface area contributed by atoms with Crippen LogP contribution in [-0.2, 0) is 30.4 Å². The van der Waals surface area contributed by atoms with Crippen LogP contribution in [0.4, 0.5) is 0 Å². The van der Waals surface area contributed by atoms with Crippen molar-refractivity contribution >= 4 is 29.7 Å². The molecule has 1 aromatic heterocycles. The van der Waals surface area contributed by atoms with Gasteiger partial charge in [0, 0.05) is 24.7 Å². The summed E-state index contributed by atoms with van der Waals surface area (Å²) < 4.78 is 0. The number of hydrogen-bond acceptors (Lipinski definition) is 8. The van der Waals surface area contributed by atoms with Crippen molar-refractivity contribution in [2.75, 3.05) is 6.54 Å². The van der Waals surface area contributed by atoms with Gasteiger partial charge in [-0.25, -0.2) is 9.78 Å². The highest BCUT2D eigenvalue weighted by atomic mass is 16.4. The Kier molecular flexibility index (Phi) is 13.9. The maximum Gasteiger partial charge on any atom is 0.326 e.